The highest BCUT2D eigenvalue weighted by Gasteiger charge is 2.16. The van der Waals surface area contributed by atoms with Gasteiger partial charge in [0.2, 0.25) is 0 Å². The van der Waals surface area contributed by atoms with E-state index in [2.05, 4.69) is 20.3 Å². The molecule has 0 aliphatic heterocycles. The zero-order chi connectivity index (χ0) is 20.4. The Morgan fingerprint density at radius 1 is 1.22 bits per heavy atom. The molecule has 2 rings (SSSR count). The zero-order valence-electron chi connectivity index (χ0n) is 15.2. The number of nitrogens with zero attached hydrogens (tertiary/aromatic N) is 3. The molecule has 0 saturated carbocycles. The van der Waals surface area contributed by atoms with Crippen LogP contribution in [-0.2, 0) is 9.59 Å². The number of carboxylic acids is 2. The third-order valence-electron chi connectivity index (χ3n) is 2.95. The molecule has 0 spiro atoms. The Labute approximate surface area is 155 Å². The van der Waals surface area contributed by atoms with Crippen LogP contribution in [0, 0.1) is 0 Å². The summed E-state index contributed by atoms with van der Waals surface area (Å²) < 4.78 is 5.23. The van der Waals surface area contributed by atoms with Crippen LogP contribution in [0.3, 0.4) is 0 Å². The molecule has 146 valence electrons. The van der Waals surface area contributed by atoms with Gasteiger partial charge in [0.15, 0.2) is 23.5 Å². The molecule has 10 heteroatoms. The third-order valence-corrected chi connectivity index (χ3v) is 2.95. The Morgan fingerprint density at radius 3 is 2.37 bits per heavy atom. The number of rotatable bonds is 7. The standard InChI is InChI=1S/C13H16N4O.C4H6O5/c1-9(2)16-13-11(18-3)8-15-12(17-13)10-6-4-5-7-14-10;5-2(4(8)9)1-3(6)7/h4-9H,1-3H3,(H,15,16,17);2,5H,1H2,(H,6,7)(H,8,9). The van der Waals surface area contributed by atoms with E-state index in [1.165, 1.54) is 0 Å². The zero-order valence-corrected chi connectivity index (χ0v) is 15.2. The largest absolute Gasteiger partial charge is 0.491 e. The second kappa shape index (κ2) is 10.7. The number of carbonyl (C=O) groups is 2. The smallest absolute Gasteiger partial charge is 0.333 e. The van der Waals surface area contributed by atoms with Crippen molar-refractivity contribution in [3.05, 3.63) is 30.6 Å². The van der Waals surface area contributed by atoms with Gasteiger partial charge < -0.3 is 25.4 Å². The fourth-order valence-corrected chi connectivity index (χ4v) is 1.77. The van der Waals surface area contributed by atoms with Crippen LogP contribution in [0.2, 0.25) is 0 Å². The van der Waals surface area contributed by atoms with E-state index >= 15 is 0 Å². The van der Waals surface area contributed by atoms with Crippen molar-refractivity contribution in [1.29, 1.82) is 0 Å². The van der Waals surface area contributed by atoms with Gasteiger partial charge in [-0.25, -0.2) is 14.8 Å². The molecule has 0 amide bonds. The number of pyridine rings is 1. The summed E-state index contributed by atoms with van der Waals surface area (Å²) in [5.74, 6) is -0.951. The molecule has 2 heterocycles. The quantitative estimate of drug-likeness (QED) is 0.553. The number of anilines is 1. The molecule has 0 aliphatic carbocycles. The fraction of sp³-hybridized carbons (Fsp3) is 0.353. The normalized spacial score (nSPS) is 11.1. The van der Waals surface area contributed by atoms with Crippen molar-refractivity contribution in [2.75, 3.05) is 12.4 Å². The van der Waals surface area contributed by atoms with Gasteiger partial charge >= 0.3 is 11.9 Å². The van der Waals surface area contributed by atoms with E-state index in [0.717, 1.165) is 5.69 Å². The predicted molar refractivity (Wildman–Crippen MR) is 96.5 cm³/mol. The first kappa shape index (κ1) is 21.8. The molecule has 0 aromatic carbocycles. The molecule has 1 unspecified atom stereocenters. The minimum absolute atomic E-state index is 0.269. The Kier molecular flexibility index (Phi) is 8.60. The summed E-state index contributed by atoms with van der Waals surface area (Å²) in [7, 11) is 1.60. The summed E-state index contributed by atoms with van der Waals surface area (Å²) in [6, 6.07) is 5.91. The van der Waals surface area contributed by atoms with Crippen LogP contribution >= 0.6 is 0 Å². The van der Waals surface area contributed by atoms with Crippen molar-refractivity contribution in [3.8, 4) is 17.3 Å². The number of ether oxygens (including phenoxy) is 1. The Morgan fingerprint density at radius 2 is 1.93 bits per heavy atom. The first-order valence-electron chi connectivity index (χ1n) is 7.96. The van der Waals surface area contributed by atoms with Crippen LogP contribution in [0.5, 0.6) is 5.75 Å². The molecule has 4 N–H and O–H groups in total. The van der Waals surface area contributed by atoms with Gasteiger partial charge in [0.05, 0.1) is 19.7 Å². The monoisotopic (exact) mass is 378 g/mol. The molecule has 2 aromatic heterocycles. The molecule has 0 fully saturated rings. The minimum atomic E-state index is -1.79. The molecule has 1 atom stereocenters. The summed E-state index contributed by atoms with van der Waals surface area (Å²) in [5.41, 5.74) is 0.743. The van der Waals surface area contributed by atoms with Crippen molar-refractivity contribution < 1.29 is 29.6 Å². The van der Waals surface area contributed by atoms with Crippen LogP contribution in [0.4, 0.5) is 5.82 Å². The molecular weight excluding hydrogens is 356 g/mol. The summed E-state index contributed by atoms with van der Waals surface area (Å²) in [4.78, 5) is 32.3. The van der Waals surface area contributed by atoms with E-state index in [-0.39, 0.29) is 6.04 Å². The lowest BCUT2D eigenvalue weighted by atomic mass is 10.3. The molecule has 0 radical (unpaired) electrons. The van der Waals surface area contributed by atoms with Crippen LogP contribution < -0.4 is 10.1 Å². The van der Waals surface area contributed by atoms with Crippen molar-refractivity contribution in [2.24, 2.45) is 0 Å². The number of hydrogen-bond donors (Lipinski definition) is 4. The maximum absolute atomic E-state index is 9.72. The molecule has 27 heavy (non-hydrogen) atoms. The van der Waals surface area contributed by atoms with E-state index in [0.29, 0.717) is 17.4 Å². The number of aliphatic hydroxyl groups excluding tert-OH is 1. The van der Waals surface area contributed by atoms with E-state index in [4.69, 9.17) is 20.1 Å². The van der Waals surface area contributed by atoms with Gasteiger partial charge in [0.1, 0.15) is 5.69 Å². The van der Waals surface area contributed by atoms with E-state index < -0.39 is 24.5 Å². The van der Waals surface area contributed by atoms with E-state index in [1.807, 2.05) is 32.0 Å². The number of hydrogen-bond acceptors (Lipinski definition) is 8. The van der Waals surface area contributed by atoms with E-state index in [1.54, 1.807) is 19.5 Å². The highest BCUT2D eigenvalue weighted by Crippen LogP contribution is 2.24. The number of nitrogens with one attached hydrogen (secondary N) is 1. The first-order chi connectivity index (χ1) is 12.7. The van der Waals surface area contributed by atoms with Crippen molar-refractivity contribution in [2.45, 2.75) is 32.4 Å². The SMILES string of the molecule is COc1cnc(-c2ccccn2)nc1NC(C)C.O=C(O)CC(O)C(=O)O. The van der Waals surface area contributed by atoms with Crippen LogP contribution in [0.25, 0.3) is 11.5 Å². The molecule has 2 aromatic rings. The molecule has 0 saturated heterocycles. The predicted octanol–water partition coefficient (Wildman–Crippen LogP) is 1.27. The van der Waals surface area contributed by atoms with Gasteiger partial charge in [-0.3, -0.25) is 9.78 Å². The third kappa shape index (κ3) is 7.65. The van der Waals surface area contributed by atoms with Crippen molar-refractivity contribution >= 4 is 17.8 Å². The van der Waals surface area contributed by atoms with E-state index in [9.17, 15) is 9.59 Å². The number of methoxy groups -OCH3 is 1. The second-order valence-electron chi connectivity index (χ2n) is 5.58. The van der Waals surface area contributed by atoms with Gasteiger partial charge in [-0.2, -0.15) is 0 Å². The highest BCUT2D eigenvalue weighted by molar-refractivity contribution is 5.79. The minimum Gasteiger partial charge on any atom is -0.491 e. The molecule has 0 aliphatic rings. The van der Waals surface area contributed by atoms with Crippen LogP contribution in [0.1, 0.15) is 20.3 Å². The molecule has 10 nitrogen and oxygen atoms in total. The topological polar surface area (TPSA) is 155 Å². The number of aromatic nitrogens is 3. The van der Waals surface area contributed by atoms with Gasteiger partial charge in [0.25, 0.3) is 0 Å². The maximum atomic E-state index is 9.72. The highest BCUT2D eigenvalue weighted by atomic mass is 16.5. The van der Waals surface area contributed by atoms with Gasteiger partial charge in [-0.05, 0) is 26.0 Å². The number of carboxylic acid groups (broad SMARTS) is 2. The Balaban J connectivity index is 0.000000345. The van der Waals surface area contributed by atoms with Crippen molar-refractivity contribution in [1.82, 2.24) is 15.0 Å². The lowest BCUT2D eigenvalue weighted by Gasteiger charge is -2.13. The van der Waals surface area contributed by atoms with Crippen LogP contribution in [0.15, 0.2) is 30.6 Å². The number of aliphatic carboxylic acids is 2. The number of aliphatic hydroxyl groups is 1. The Hall–Kier alpha value is -3.27. The lowest BCUT2D eigenvalue weighted by Crippen LogP contribution is -2.22. The first-order valence-corrected chi connectivity index (χ1v) is 7.96. The van der Waals surface area contributed by atoms with Gasteiger partial charge in [-0.1, -0.05) is 6.07 Å². The maximum Gasteiger partial charge on any atom is 0.333 e. The summed E-state index contributed by atoms with van der Waals surface area (Å²) in [6.45, 7) is 4.09. The fourth-order valence-electron chi connectivity index (χ4n) is 1.77. The summed E-state index contributed by atoms with van der Waals surface area (Å²) in [6.07, 6.45) is 0.831. The molecular formula is C17H22N4O6. The van der Waals surface area contributed by atoms with Crippen molar-refractivity contribution in [3.63, 3.8) is 0 Å². The lowest BCUT2D eigenvalue weighted by molar-refractivity contribution is -0.152. The van der Waals surface area contributed by atoms with Gasteiger partial charge in [-0.15, -0.1) is 0 Å². The second-order valence-corrected chi connectivity index (χ2v) is 5.58. The Bertz CT molecular complexity index is 754. The summed E-state index contributed by atoms with van der Waals surface area (Å²) >= 11 is 0. The average molecular weight is 378 g/mol. The van der Waals surface area contributed by atoms with Gasteiger partial charge in [0, 0.05) is 12.2 Å². The average Bonchev–Trinajstić information content (AvgIpc) is 2.62. The molecule has 0 bridgehead atoms. The van der Waals surface area contributed by atoms with Crippen LogP contribution in [-0.4, -0.2) is 61.5 Å². The summed E-state index contributed by atoms with van der Waals surface area (Å²) in [5, 5.41) is 27.4.